The summed E-state index contributed by atoms with van der Waals surface area (Å²) in [4.78, 5) is 14.4. The van der Waals surface area contributed by atoms with E-state index in [1.807, 2.05) is 13.8 Å². The molecule has 0 N–H and O–H groups in total. The molecular formula is C8H13NO2. The Morgan fingerprint density at radius 3 is 2.64 bits per heavy atom. The lowest BCUT2D eigenvalue weighted by atomic mass is 10.5. The summed E-state index contributed by atoms with van der Waals surface area (Å²) in [5, 5.41) is 0. The van der Waals surface area contributed by atoms with Gasteiger partial charge in [0.15, 0.2) is 0 Å². The van der Waals surface area contributed by atoms with Crippen LogP contribution < -0.4 is 0 Å². The number of allylic oxidation sites excluding steroid dienone is 1. The summed E-state index contributed by atoms with van der Waals surface area (Å²) in [7, 11) is 0. The third kappa shape index (κ3) is 5.33. The first kappa shape index (κ1) is 9.88. The van der Waals surface area contributed by atoms with Crippen molar-refractivity contribution >= 4 is 11.9 Å². The van der Waals surface area contributed by atoms with E-state index in [2.05, 4.69) is 4.99 Å². The largest absolute Gasteiger partial charge is 0.408 e. The van der Waals surface area contributed by atoms with E-state index in [1.165, 1.54) is 6.92 Å². The molecule has 0 aliphatic rings. The molecule has 0 aromatic carbocycles. The van der Waals surface area contributed by atoms with Crippen LogP contribution in [0.2, 0.25) is 0 Å². The van der Waals surface area contributed by atoms with Gasteiger partial charge in [-0.25, -0.2) is 0 Å². The Bertz CT molecular complexity index is 183. The molecule has 0 heterocycles. The number of nitrogens with zero attached hydrogens (tertiary/aromatic N) is 1. The van der Waals surface area contributed by atoms with Gasteiger partial charge in [0.25, 0.3) is 0 Å². The molecule has 0 spiro atoms. The van der Waals surface area contributed by atoms with Gasteiger partial charge in [0.1, 0.15) is 0 Å². The van der Waals surface area contributed by atoms with Gasteiger partial charge in [0, 0.05) is 13.5 Å². The summed E-state index contributed by atoms with van der Waals surface area (Å²) in [6, 6.07) is 0. The summed E-state index contributed by atoms with van der Waals surface area (Å²) < 4.78 is 4.76. The third-order valence-corrected chi connectivity index (χ3v) is 0.871. The zero-order valence-electron chi connectivity index (χ0n) is 7.13. The number of esters is 1. The van der Waals surface area contributed by atoms with Gasteiger partial charge >= 0.3 is 5.97 Å². The van der Waals surface area contributed by atoms with Gasteiger partial charge in [-0.15, -0.1) is 0 Å². The first-order valence-electron chi connectivity index (χ1n) is 3.56. The number of aliphatic imine (C=N–C) groups is 1. The molecule has 0 aliphatic heterocycles. The third-order valence-electron chi connectivity index (χ3n) is 0.871. The zero-order valence-corrected chi connectivity index (χ0v) is 7.13. The number of hydrogen-bond acceptors (Lipinski definition) is 3. The molecule has 0 amide bonds. The van der Waals surface area contributed by atoms with Gasteiger partial charge in [-0.1, -0.05) is 6.08 Å². The summed E-state index contributed by atoms with van der Waals surface area (Å²) >= 11 is 0. The smallest absolute Gasteiger partial charge is 0.309 e. The van der Waals surface area contributed by atoms with E-state index in [0.717, 1.165) is 0 Å². The Labute approximate surface area is 66.8 Å². The second-order valence-corrected chi connectivity index (χ2v) is 1.91. The monoisotopic (exact) mass is 155 g/mol. The van der Waals surface area contributed by atoms with Crippen LogP contribution in [0.15, 0.2) is 17.1 Å². The molecule has 0 unspecified atom stereocenters. The van der Waals surface area contributed by atoms with Crippen molar-refractivity contribution in [2.24, 2.45) is 4.99 Å². The van der Waals surface area contributed by atoms with Crippen molar-refractivity contribution in [3.05, 3.63) is 12.2 Å². The predicted molar refractivity (Wildman–Crippen MR) is 44.6 cm³/mol. The second-order valence-electron chi connectivity index (χ2n) is 1.91. The average Bonchev–Trinajstić information content (AvgIpc) is 1.87. The fourth-order valence-electron chi connectivity index (χ4n) is 0.565. The van der Waals surface area contributed by atoms with E-state index in [1.54, 1.807) is 12.2 Å². The topological polar surface area (TPSA) is 38.7 Å². The summed E-state index contributed by atoms with van der Waals surface area (Å²) in [6.07, 6.45) is 3.43. The maximum atomic E-state index is 10.5. The van der Waals surface area contributed by atoms with Crippen molar-refractivity contribution in [2.75, 3.05) is 6.54 Å². The van der Waals surface area contributed by atoms with E-state index in [4.69, 9.17) is 4.74 Å². The van der Waals surface area contributed by atoms with E-state index in [9.17, 15) is 4.79 Å². The van der Waals surface area contributed by atoms with Crippen LogP contribution in [0, 0.1) is 0 Å². The lowest BCUT2D eigenvalue weighted by Gasteiger charge is -1.98. The predicted octanol–water partition coefficient (Wildman–Crippen LogP) is 1.54. The lowest BCUT2D eigenvalue weighted by Crippen LogP contribution is -2.06. The van der Waals surface area contributed by atoms with Crippen LogP contribution >= 0.6 is 0 Å². The van der Waals surface area contributed by atoms with Gasteiger partial charge in [-0.3, -0.25) is 9.79 Å². The molecule has 0 aromatic heterocycles. The van der Waals surface area contributed by atoms with Crippen molar-refractivity contribution in [3.8, 4) is 0 Å². The molecule has 3 nitrogen and oxygen atoms in total. The Balaban J connectivity index is 4.11. The molecule has 11 heavy (non-hydrogen) atoms. The van der Waals surface area contributed by atoms with Crippen molar-refractivity contribution in [2.45, 2.75) is 20.8 Å². The highest BCUT2D eigenvalue weighted by atomic mass is 16.5. The standard InChI is InChI=1S/C8H13NO2/c1-4-6-8(9-5-2)11-7(3)10/h4,6H,5H2,1-3H3/b6-4-,9-8?. The molecular weight excluding hydrogens is 142 g/mol. The maximum Gasteiger partial charge on any atom is 0.309 e. The van der Waals surface area contributed by atoms with Gasteiger partial charge in [-0.05, 0) is 19.9 Å². The highest BCUT2D eigenvalue weighted by molar-refractivity contribution is 5.95. The van der Waals surface area contributed by atoms with Crippen LogP contribution in [0.4, 0.5) is 0 Å². The fourth-order valence-corrected chi connectivity index (χ4v) is 0.565. The minimum atomic E-state index is -0.338. The van der Waals surface area contributed by atoms with Crippen LogP contribution in [0.3, 0.4) is 0 Å². The van der Waals surface area contributed by atoms with Crippen LogP contribution in [-0.4, -0.2) is 18.4 Å². The molecule has 3 heteroatoms. The van der Waals surface area contributed by atoms with E-state index < -0.39 is 0 Å². The number of hydrogen-bond donors (Lipinski definition) is 0. The van der Waals surface area contributed by atoms with Gasteiger partial charge in [0.05, 0.1) is 0 Å². The molecule has 0 rings (SSSR count). The molecule has 0 saturated carbocycles. The SMILES string of the molecule is C/C=C\C(=NCC)OC(C)=O. The normalized spacial score (nSPS) is 12.1. The van der Waals surface area contributed by atoms with Crippen molar-refractivity contribution in [1.29, 1.82) is 0 Å². The minimum absolute atomic E-state index is 0.338. The highest BCUT2D eigenvalue weighted by Crippen LogP contribution is 1.87. The fraction of sp³-hybridized carbons (Fsp3) is 0.500. The van der Waals surface area contributed by atoms with E-state index >= 15 is 0 Å². The van der Waals surface area contributed by atoms with E-state index in [-0.39, 0.29) is 5.97 Å². The molecule has 0 fully saturated rings. The lowest BCUT2D eigenvalue weighted by molar-refractivity contribution is -0.132. The van der Waals surface area contributed by atoms with Crippen LogP contribution in [0.1, 0.15) is 20.8 Å². The van der Waals surface area contributed by atoms with Crippen molar-refractivity contribution < 1.29 is 9.53 Å². The molecule has 0 aliphatic carbocycles. The summed E-state index contributed by atoms with van der Waals surface area (Å²) in [5.41, 5.74) is 0. The molecule has 0 saturated heterocycles. The molecule has 62 valence electrons. The van der Waals surface area contributed by atoms with Crippen molar-refractivity contribution in [3.63, 3.8) is 0 Å². The summed E-state index contributed by atoms with van der Waals surface area (Å²) in [5.74, 6) is 0.0396. The molecule has 0 atom stereocenters. The van der Waals surface area contributed by atoms with Crippen LogP contribution in [0.5, 0.6) is 0 Å². The number of carbonyl (C=O) groups excluding carboxylic acids is 1. The van der Waals surface area contributed by atoms with E-state index in [0.29, 0.717) is 12.4 Å². The minimum Gasteiger partial charge on any atom is -0.408 e. The Hall–Kier alpha value is -1.12. The number of ether oxygens (including phenoxy) is 1. The van der Waals surface area contributed by atoms with Crippen LogP contribution in [-0.2, 0) is 9.53 Å². The first-order valence-corrected chi connectivity index (χ1v) is 3.56. The zero-order chi connectivity index (χ0) is 8.69. The van der Waals surface area contributed by atoms with Crippen LogP contribution in [0.25, 0.3) is 0 Å². The second kappa shape index (κ2) is 5.65. The summed E-state index contributed by atoms with van der Waals surface area (Å²) in [6.45, 7) is 5.70. The van der Waals surface area contributed by atoms with Gasteiger partial charge in [-0.2, -0.15) is 0 Å². The first-order chi connectivity index (χ1) is 5.20. The molecule has 0 bridgehead atoms. The van der Waals surface area contributed by atoms with Gasteiger partial charge in [0.2, 0.25) is 5.90 Å². The number of rotatable bonds is 2. The van der Waals surface area contributed by atoms with Crippen molar-refractivity contribution in [1.82, 2.24) is 0 Å². The molecule has 0 radical (unpaired) electrons. The highest BCUT2D eigenvalue weighted by Gasteiger charge is 1.96. The average molecular weight is 155 g/mol. The quantitative estimate of drug-likeness (QED) is 0.344. The number of carbonyl (C=O) groups is 1. The Morgan fingerprint density at radius 1 is 1.64 bits per heavy atom. The Kier molecular flexibility index (Phi) is 5.07. The van der Waals surface area contributed by atoms with Gasteiger partial charge < -0.3 is 4.74 Å². The Morgan fingerprint density at radius 2 is 2.27 bits per heavy atom. The molecule has 0 aromatic rings. The maximum absolute atomic E-state index is 10.5.